The maximum atomic E-state index is 8.67. The van der Waals surface area contributed by atoms with Crippen molar-refractivity contribution < 1.29 is 16.2 Å². The molecular weight excluding hydrogens is 312 g/mol. The van der Waals surface area contributed by atoms with E-state index in [-0.39, 0.29) is 53.2 Å². The molecule has 2 N–H and O–H groups in total. The Kier molecular flexibility index (Phi) is 25.8. The zero-order chi connectivity index (χ0) is 3.58. The Bertz CT molecular complexity index is 40.3. The molecule has 0 spiro atoms. The molecule has 6 heavy (non-hydrogen) atoms. The first kappa shape index (κ1) is 15.7. The molecule has 0 aliphatic carbocycles. The van der Waals surface area contributed by atoms with E-state index in [1.807, 2.05) is 0 Å². The molecule has 0 bridgehead atoms. The van der Waals surface area contributed by atoms with E-state index in [2.05, 4.69) is 0 Å². The number of hydrogen-bond acceptors (Lipinski definition) is 1. The van der Waals surface area contributed by atoms with Gasteiger partial charge in [-0.3, -0.25) is 9.11 Å². The van der Waals surface area contributed by atoms with Gasteiger partial charge in [-0.05, 0) is 0 Å². The van der Waals surface area contributed by atoms with Crippen molar-refractivity contribution in [1.29, 1.82) is 0 Å². The second-order valence-corrected chi connectivity index (χ2v) is 0.692. The summed E-state index contributed by atoms with van der Waals surface area (Å²) in [5, 5.41) is 0. The van der Waals surface area contributed by atoms with E-state index in [4.69, 9.17) is 13.3 Å². The molecule has 0 aromatic carbocycles. The van der Waals surface area contributed by atoms with Crippen LogP contribution in [0.4, 0.5) is 0 Å². The third-order valence-corrected chi connectivity index (χ3v) is 0. The Balaban J connectivity index is -0.00000000750. The van der Waals surface area contributed by atoms with Crippen LogP contribution in [0, 0.1) is 0 Å². The fourth-order valence-electron chi connectivity index (χ4n) is 0. The fourth-order valence-corrected chi connectivity index (χ4v) is 0. The number of hydrogen-bond donors (Lipinski definition) is 2. The van der Waals surface area contributed by atoms with Crippen LogP contribution in [-0.2, 0) is 11.4 Å². The molecule has 0 saturated heterocycles. The second-order valence-electron chi connectivity index (χ2n) is 0.231. The van der Waals surface area contributed by atoms with E-state index in [1.165, 1.54) is 0 Å². The molecule has 0 aliphatic heterocycles. The SMILES string of the molecule is O=S(O)O.[H-].[H-].[Mg+2].[PbH2]. The van der Waals surface area contributed by atoms with Crippen molar-refractivity contribution in [1.82, 2.24) is 0 Å². The van der Waals surface area contributed by atoms with E-state index in [9.17, 15) is 0 Å². The van der Waals surface area contributed by atoms with Crippen LogP contribution in [0.5, 0.6) is 0 Å². The summed E-state index contributed by atoms with van der Waals surface area (Å²) in [4.78, 5) is 0. The van der Waals surface area contributed by atoms with Crippen LogP contribution >= 0.6 is 0 Å². The van der Waals surface area contributed by atoms with Gasteiger partial charge in [-0.15, -0.1) is 0 Å². The molecule has 0 rings (SSSR count). The van der Waals surface area contributed by atoms with Crippen molar-refractivity contribution in [3.63, 3.8) is 0 Å². The molecule has 0 atom stereocenters. The molecule has 0 unspecified atom stereocenters. The van der Waals surface area contributed by atoms with Gasteiger partial charge in [-0.1, -0.05) is 0 Å². The summed E-state index contributed by atoms with van der Waals surface area (Å²) >= 11 is -2.61. The zero-order valence-corrected chi connectivity index (χ0v) is 10.9. The van der Waals surface area contributed by atoms with Crippen molar-refractivity contribution in [2.24, 2.45) is 0 Å². The molecule has 0 heterocycles. The quantitative estimate of drug-likeness (QED) is 0.427. The molecule has 6 heteroatoms. The summed E-state index contributed by atoms with van der Waals surface area (Å²) in [6.45, 7) is 0. The average molecular weight is 318 g/mol. The monoisotopic (exact) mass is 318 g/mol. The molecule has 0 aromatic rings. The van der Waals surface area contributed by atoms with Gasteiger partial charge in [0.05, 0.1) is 0 Å². The van der Waals surface area contributed by atoms with Crippen LogP contribution in [0.25, 0.3) is 0 Å². The molecule has 0 saturated carbocycles. The van der Waals surface area contributed by atoms with E-state index in [0.717, 1.165) is 0 Å². The molecular formula is H6MgO3PbS. The topological polar surface area (TPSA) is 57.5 Å². The standard InChI is InChI=1S/Mg.H2O3S.Pb.4H/c;1-4(2)3;;;;;/h;(H2,1,2,3);;;;;/q+2;;;;;2*-1. The van der Waals surface area contributed by atoms with Gasteiger partial charge in [0.2, 0.25) is 0 Å². The molecule has 2 radical (unpaired) electrons. The summed E-state index contributed by atoms with van der Waals surface area (Å²) in [6, 6.07) is 0. The van der Waals surface area contributed by atoms with Crippen LogP contribution < -0.4 is 0 Å². The van der Waals surface area contributed by atoms with Crippen LogP contribution in [0.15, 0.2) is 0 Å². The van der Waals surface area contributed by atoms with Gasteiger partial charge in [0, 0.05) is 0 Å². The zero-order valence-electron chi connectivity index (χ0n) is 5.13. The molecule has 0 amide bonds. The normalized spacial score (nSPS) is 5.83. The molecule has 0 aromatic heterocycles. The Hall–Kier alpha value is 1.76. The average Bonchev–Trinajstić information content (AvgIpc) is 0.811. The Morgan fingerprint density at radius 2 is 1.50 bits per heavy atom. The predicted octanol–water partition coefficient (Wildman–Crippen LogP) is -1.39. The van der Waals surface area contributed by atoms with Crippen LogP contribution in [0.2, 0.25) is 0 Å². The fraction of sp³-hybridized carbons (Fsp3) is 0. The van der Waals surface area contributed by atoms with Crippen molar-refractivity contribution in [2.75, 3.05) is 0 Å². The maximum absolute atomic E-state index is 8.67. The summed E-state index contributed by atoms with van der Waals surface area (Å²) < 4.78 is 22.8. The third-order valence-electron chi connectivity index (χ3n) is 0. The van der Waals surface area contributed by atoms with Crippen molar-refractivity contribution in [2.45, 2.75) is 0 Å². The Morgan fingerprint density at radius 1 is 1.50 bits per heavy atom. The van der Waals surface area contributed by atoms with Gasteiger partial charge in [0.15, 0.2) is 0 Å². The molecule has 3 nitrogen and oxygen atoms in total. The minimum atomic E-state index is -2.61. The molecule has 36 valence electrons. The Labute approximate surface area is 77.3 Å². The van der Waals surface area contributed by atoms with Gasteiger partial charge < -0.3 is 2.85 Å². The van der Waals surface area contributed by atoms with Gasteiger partial charge in [-0.25, -0.2) is 0 Å². The minimum absolute atomic E-state index is 0. The predicted molar refractivity (Wildman–Crippen MR) is 29.9 cm³/mol. The first-order valence-electron chi connectivity index (χ1n) is 0.532. The van der Waals surface area contributed by atoms with E-state index in [1.54, 1.807) is 0 Å². The van der Waals surface area contributed by atoms with E-state index < -0.39 is 11.4 Å². The summed E-state index contributed by atoms with van der Waals surface area (Å²) in [5.74, 6) is 0. The first-order chi connectivity index (χ1) is 1.73. The van der Waals surface area contributed by atoms with Gasteiger partial charge in [-0.2, -0.15) is 4.21 Å². The van der Waals surface area contributed by atoms with Crippen LogP contribution in [0.1, 0.15) is 2.85 Å². The third kappa shape index (κ3) is 42.2. The molecule has 0 aliphatic rings. The van der Waals surface area contributed by atoms with E-state index in [0.29, 0.717) is 0 Å². The van der Waals surface area contributed by atoms with Crippen molar-refractivity contribution in [3.8, 4) is 0 Å². The van der Waals surface area contributed by atoms with Crippen molar-refractivity contribution in [3.05, 3.63) is 0 Å². The van der Waals surface area contributed by atoms with Gasteiger partial charge >= 0.3 is 50.4 Å². The van der Waals surface area contributed by atoms with Crippen molar-refractivity contribution >= 4 is 61.7 Å². The molecule has 0 fully saturated rings. The van der Waals surface area contributed by atoms with E-state index >= 15 is 0 Å². The first-order valence-corrected chi connectivity index (χ1v) is 1.60. The summed E-state index contributed by atoms with van der Waals surface area (Å²) in [6.07, 6.45) is 0. The second kappa shape index (κ2) is 9.90. The summed E-state index contributed by atoms with van der Waals surface area (Å²) in [7, 11) is 0. The van der Waals surface area contributed by atoms with Crippen LogP contribution in [0.3, 0.4) is 0 Å². The Morgan fingerprint density at radius 3 is 1.50 bits per heavy atom. The van der Waals surface area contributed by atoms with Crippen LogP contribution in [-0.4, -0.2) is 63.7 Å². The summed E-state index contributed by atoms with van der Waals surface area (Å²) in [5.41, 5.74) is 0. The van der Waals surface area contributed by atoms with Gasteiger partial charge in [0.25, 0.3) is 11.4 Å². The number of rotatable bonds is 0. The van der Waals surface area contributed by atoms with Gasteiger partial charge in [0.1, 0.15) is 0 Å².